The zero-order valence-corrected chi connectivity index (χ0v) is 17.7. The lowest BCUT2D eigenvalue weighted by Crippen LogP contribution is -3.14. The molecule has 0 unspecified atom stereocenters. The van der Waals surface area contributed by atoms with Gasteiger partial charge >= 0.3 is 5.97 Å². The highest BCUT2D eigenvalue weighted by molar-refractivity contribution is 6.09. The van der Waals surface area contributed by atoms with Gasteiger partial charge in [0.15, 0.2) is 6.54 Å². The molecule has 158 valence electrons. The number of benzene rings is 2. The van der Waals surface area contributed by atoms with Crippen molar-refractivity contribution in [1.82, 2.24) is 4.57 Å². The van der Waals surface area contributed by atoms with Gasteiger partial charge in [-0.3, -0.25) is 9.59 Å². The Hall–Kier alpha value is -2.86. The number of amides is 1. The molecule has 1 aliphatic heterocycles. The lowest BCUT2D eigenvalue weighted by Gasteiger charge is -2.27. The lowest BCUT2D eigenvalue weighted by atomic mass is 9.97. The van der Waals surface area contributed by atoms with E-state index in [-0.39, 0.29) is 17.8 Å². The summed E-state index contributed by atoms with van der Waals surface area (Å²) in [6, 6.07) is 14.5. The van der Waals surface area contributed by atoms with Gasteiger partial charge in [-0.05, 0) is 38.1 Å². The first kappa shape index (κ1) is 20.4. The number of aryl methyl sites for hydroxylation is 1. The van der Waals surface area contributed by atoms with E-state index in [1.165, 1.54) is 21.3 Å². The van der Waals surface area contributed by atoms with Crippen LogP contribution in [0.15, 0.2) is 42.5 Å². The van der Waals surface area contributed by atoms with E-state index < -0.39 is 0 Å². The van der Waals surface area contributed by atoms with E-state index in [1.807, 2.05) is 13.0 Å². The van der Waals surface area contributed by atoms with Crippen molar-refractivity contribution in [2.24, 2.45) is 5.92 Å². The molecule has 0 bridgehead atoms. The number of piperidine rings is 1. The number of fused-ring (bicyclic) bond motifs is 3. The summed E-state index contributed by atoms with van der Waals surface area (Å²) in [5, 5.41) is 5.43. The smallest absolute Gasteiger partial charge is 0.309 e. The van der Waals surface area contributed by atoms with Gasteiger partial charge in [0.1, 0.15) is 0 Å². The molecular weight excluding hydrogens is 378 g/mol. The first-order valence-corrected chi connectivity index (χ1v) is 10.9. The number of hydrogen-bond acceptors (Lipinski definition) is 3. The van der Waals surface area contributed by atoms with E-state index >= 15 is 0 Å². The van der Waals surface area contributed by atoms with Crippen molar-refractivity contribution in [3.8, 4) is 0 Å². The number of esters is 1. The molecule has 2 N–H and O–H groups in total. The Morgan fingerprint density at radius 3 is 2.53 bits per heavy atom. The first-order valence-electron chi connectivity index (χ1n) is 10.9. The summed E-state index contributed by atoms with van der Waals surface area (Å²) in [5.74, 6) is -0.103. The second kappa shape index (κ2) is 8.88. The molecular formula is C24H30N3O3+. The van der Waals surface area contributed by atoms with E-state index in [0.717, 1.165) is 43.5 Å². The highest BCUT2D eigenvalue weighted by atomic mass is 16.5. The number of carbonyl (C=O) groups is 2. The predicted molar refractivity (Wildman–Crippen MR) is 119 cm³/mol. The SMILES string of the molecule is CCOC(=O)C1CC[NH+](CC(=O)Nc2ccc3c(c2)c2ccccc2n3CC)CC1. The van der Waals surface area contributed by atoms with E-state index in [0.29, 0.717) is 13.2 Å². The van der Waals surface area contributed by atoms with Crippen molar-refractivity contribution in [1.29, 1.82) is 0 Å². The van der Waals surface area contributed by atoms with Crippen molar-refractivity contribution in [3.05, 3.63) is 42.5 Å². The van der Waals surface area contributed by atoms with Crippen LogP contribution in [0.3, 0.4) is 0 Å². The molecule has 0 spiro atoms. The Morgan fingerprint density at radius 1 is 1.07 bits per heavy atom. The number of para-hydroxylation sites is 1. The molecule has 30 heavy (non-hydrogen) atoms. The number of carbonyl (C=O) groups excluding carboxylic acids is 2. The number of rotatable bonds is 6. The van der Waals surface area contributed by atoms with Crippen LogP contribution in [-0.4, -0.2) is 42.7 Å². The molecule has 6 heteroatoms. The zero-order chi connectivity index (χ0) is 21.1. The summed E-state index contributed by atoms with van der Waals surface area (Å²) in [6.07, 6.45) is 1.56. The largest absolute Gasteiger partial charge is 0.466 e. The van der Waals surface area contributed by atoms with Crippen molar-refractivity contribution < 1.29 is 19.2 Å². The highest BCUT2D eigenvalue weighted by Crippen LogP contribution is 2.30. The first-order chi connectivity index (χ1) is 14.6. The molecule has 6 nitrogen and oxygen atoms in total. The Kier molecular flexibility index (Phi) is 6.04. The van der Waals surface area contributed by atoms with Gasteiger partial charge in [0.25, 0.3) is 5.91 Å². The maximum absolute atomic E-state index is 12.6. The van der Waals surface area contributed by atoms with Crippen molar-refractivity contribution in [2.75, 3.05) is 31.6 Å². The number of likely N-dealkylation sites (tertiary alicyclic amines) is 1. The summed E-state index contributed by atoms with van der Waals surface area (Å²) in [4.78, 5) is 25.7. The summed E-state index contributed by atoms with van der Waals surface area (Å²) in [5.41, 5.74) is 3.23. The minimum Gasteiger partial charge on any atom is -0.466 e. The van der Waals surface area contributed by atoms with Crippen LogP contribution in [0.5, 0.6) is 0 Å². The van der Waals surface area contributed by atoms with Crippen LogP contribution in [0.1, 0.15) is 26.7 Å². The third kappa shape index (κ3) is 4.05. The fourth-order valence-electron chi connectivity index (χ4n) is 4.60. The number of ether oxygens (including phenoxy) is 1. The van der Waals surface area contributed by atoms with Crippen LogP contribution < -0.4 is 10.2 Å². The summed E-state index contributed by atoms with van der Waals surface area (Å²) < 4.78 is 7.42. The number of nitrogens with one attached hydrogen (secondary N) is 2. The van der Waals surface area contributed by atoms with E-state index in [1.54, 1.807) is 0 Å². The molecule has 0 atom stereocenters. The van der Waals surface area contributed by atoms with E-state index in [9.17, 15) is 9.59 Å². The Morgan fingerprint density at radius 2 is 1.80 bits per heavy atom. The molecule has 0 aliphatic carbocycles. The van der Waals surface area contributed by atoms with Gasteiger partial charge in [0, 0.05) is 46.9 Å². The second-order valence-corrected chi connectivity index (χ2v) is 7.99. The fourth-order valence-corrected chi connectivity index (χ4v) is 4.60. The molecule has 1 aromatic heterocycles. The third-order valence-electron chi connectivity index (χ3n) is 6.10. The molecule has 1 aliphatic rings. The van der Waals surface area contributed by atoms with Crippen LogP contribution in [0.2, 0.25) is 0 Å². The normalized spacial score (nSPS) is 19.1. The van der Waals surface area contributed by atoms with Crippen LogP contribution in [0.25, 0.3) is 21.8 Å². The van der Waals surface area contributed by atoms with Gasteiger partial charge in [-0.15, -0.1) is 0 Å². The fraction of sp³-hybridized carbons (Fsp3) is 0.417. The Labute approximate surface area is 176 Å². The van der Waals surface area contributed by atoms with Crippen LogP contribution >= 0.6 is 0 Å². The average molecular weight is 409 g/mol. The van der Waals surface area contributed by atoms with Crippen molar-refractivity contribution >= 4 is 39.4 Å². The predicted octanol–water partition coefficient (Wildman–Crippen LogP) is 2.61. The van der Waals surface area contributed by atoms with Gasteiger partial charge in [-0.2, -0.15) is 0 Å². The molecule has 0 saturated carbocycles. The van der Waals surface area contributed by atoms with Crippen molar-refractivity contribution in [3.63, 3.8) is 0 Å². The number of nitrogens with zero attached hydrogens (tertiary/aromatic N) is 1. The lowest BCUT2D eigenvalue weighted by molar-refractivity contribution is -0.897. The number of quaternary nitrogens is 1. The average Bonchev–Trinajstić information content (AvgIpc) is 3.07. The highest BCUT2D eigenvalue weighted by Gasteiger charge is 2.29. The van der Waals surface area contributed by atoms with Crippen LogP contribution in [0.4, 0.5) is 5.69 Å². The maximum Gasteiger partial charge on any atom is 0.309 e. The monoisotopic (exact) mass is 408 g/mol. The minimum absolute atomic E-state index is 0.0122. The number of aromatic nitrogens is 1. The molecule has 1 amide bonds. The molecule has 1 fully saturated rings. The molecule has 2 heterocycles. The third-order valence-corrected chi connectivity index (χ3v) is 6.10. The molecule has 4 rings (SSSR count). The second-order valence-electron chi connectivity index (χ2n) is 7.99. The van der Waals surface area contributed by atoms with Crippen molar-refractivity contribution in [2.45, 2.75) is 33.2 Å². The molecule has 1 saturated heterocycles. The molecule has 0 radical (unpaired) electrons. The standard InChI is InChI=1S/C24H29N3O3/c1-3-27-21-8-6-5-7-19(21)20-15-18(9-10-22(20)27)25-23(28)16-26-13-11-17(12-14-26)24(29)30-4-2/h5-10,15,17H,3-4,11-14,16H2,1-2H3,(H,25,28)/p+1. The van der Waals surface area contributed by atoms with Gasteiger partial charge in [-0.1, -0.05) is 18.2 Å². The number of hydrogen-bond donors (Lipinski definition) is 2. The quantitative estimate of drug-likeness (QED) is 0.617. The Bertz CT molecular complexity index is 1060. The zero-order valence-electron chi connectivity index (χ0n) is 17.7. The topological polar surface area (TPSA) is 64.8 Å². The number of anilines is 1. The van der Waals surface area contributed by atoms with Crippen LogP contribution in [0, 0.1) is 5.92 Å². The van der Waals surface area contributed by atoms with Gasteiger partial charge in [-0.25, -0.2) is 0 Å². The molecule has 3 aromatic rings. The maximum atomic E-state index is 12.6. The van der Waals surface area contributed by atoms with Gasteiger partial charge in [0.05, 0.1) is 25.6 Å². The Balaban J connectivity index is 1.42. The minimum atomic E-state index is -0.0967. The van der Waals surface area contributed by atoms with E-state index in [2.05, 4.69) is 53.2 Å². The molecule has 2 aromatic carbocycles. The summed E-state index contributed by atoms with van der Waals surface area (Å²) in [7, 11) is 0. The summed E-state index contributed by atoms with van der Waals surface area (Å²) >= 11 is 0. The van der Waals surface area contributed by atoms with Gasteiger partial charge < -0.3 is 19.5 Å². The van der Waals surface area contributed by atoms with Crippen LogP contribution in [-0.2, 0) is 20.9 Å². The van der Waals surface area contributed by atoms with E-state index in [4.69, 9.17) is 4.74 Å². The van der Waals surface area contributed by atoms with Gasteiger partial charge in [0.2, 0.25) is 0 Å². The summed E-state index contributed by atoms with van der Waals surface area (Å²) in [6.45, 7) is 7.37.